The average molecular weight is 747 g/mol. The number of carbonyl (C=O) groups is 3. The Bertz CT molecular complexity index is 1620. The van der Waals surface area contributed by atoms with Crippen molar-refractivity contribution in [2.75, 3.05) is 92.5 Å². The average Bonchev–Trinajstić information content (AvgIpc) is 3.12. The molecule has 3 heterocycles. The van der Waals surface area contributed by atoms with Crippen molar-refractivity contribution in [1.82, 2.24) is 24.9 Å². The van der Waals surface area contributed by atoms with Crippen molar-refractivity contribution in [3.63, 3.8) is 0 Å². The van der Waals surface area contributed by atoms with Crippen LogP contribution in [0.15, 0.2) is 76.0 Å². The first-order chi connectivity index (χ1) is 24.1. The lowest BCUT2D eigenvalue weighted by Gasteiger charge is -2.37. The molecule has 3 aliphatic rings. The molecular weight excluding hydrogens is 701 g/mol. The zero-order valence-electron chi connectivity index (χ0n) is 28.8. The Balaban J connectivity index is 1.40. The van der Waals surface area contributed by atoms with Crippen molar-refractivity contribution < 1.29 is 28.1 Å². The van der Waals surface area contributed by atoms with E-state index >= 15 is 0 Å². The number of carbonyl (C=O) groups excluding carboxylic acids is 3. The number of ether oxygens (including phenoxy) is 2. The number of halogens is 2. The molecule has 0 radical (unpaired) electrons. The van der Waals surface area contributed by atoms with Gasteiger partial charge in [-0.15, -0.1) is 0 Å². The normalized spacial score (nSPS) is 20.0. The summed E-state index contributed by atoms with van der Waals surface area (Å²) in [4.78, 5) is 50.7. The molecule has 5 rings (SSSR count). The van der Waals surface area contributed by atoms with E-state index in [-0.39, 0.29) is 56.2 Å². The highest BCUT2D eigenvalue weighted by molar-refractivity contribution is 7.85. The Morgan fingerprint density at radius 3 is 1.88 bits per heavy atom. The van der Waals surface area contributed by atoms with Gasteiger partial charge in [-0.2, -0.15) is 0 Å². The highest BCUT2D eigenvalue weighted by Gasteiger charge is 2.42. The monoisotopic (exact) mass is 745 g/mol. The summed E-state index contributed by atoms with van der Waals surface area (Å²) in [6.45, 7) is 9.01. The van der Waals surface area contributed by atoms with Crippen molar-refractivity contribution >= 4 is 51.8 Å². The first-order valence-electron chi connectivity index (χ1n) is 16.8. The van der Waals surface area contributed by atoms with Crippen LogP contribution in [0.5, 0.6) is 0 Å². The number of nitrogens with zero attached hydrogens (tertiary/aromatic N) is 4. The molecule has 1 N–H and O–H groups in total. The van der Waals surface area contributed by atoms with Crippen LogP contribution < -0.4 is 5.32 Å². The van der Waals surface area contributed by atoms with E-state index in [9.17, 15) is 18.6 Å². The molecule has 2 atom stereocenters. The van der Waals surface area contributed by atoms with Crippen LogP contribution >= 0.6 is 23.2 Å². The van der Waals surface area contributed by atoms with Crippen molar-refractivity contribution in [1.29, 1.82) is 0 Å². The van der Waals surface area contributed by atoms with Crippen molar-refractivity contribution in [2.24, 2.45) is 0 Å². The summed E-state index contributed by atoms with van der Waals surface area (Å²) in [5.41, 5.74) is 0.753. The van der Waals surface area contributed by atoms with Gasteiger partial charge in [0.2, 0.25) is 5.91 Å². The second kappa shape index (κ2) is 17.8. The zero-order chi connectivity index (χ0) is 35.8. The predicted molar refractivity (Wildman–Crippen MR) is 194 cm³/mol. The second-order valence-corrected chi connectivity index (χ2v) is 14.9. The van der Waals surface area contributed by atoms with Gasteiger partial charge in [0.1, 0.15) is 0 Å². The third-order valence-corrected chi connectivity index (χ3v) is 11.5. The van der Waals surface area contributed by atoms with Gasteiger partial charge in [0.15, 0.2) is 0 Å². The highest BCUT2D eigenvalue weighted by atomic mass is 35.5. The maximum Gasteiger partial charge on any atom is 0.336 e. The molecule has 1 amide bonds. The van der Waals surface area contributed by atoms with Crippen LogP contribution in [0, 0.1) is 0 Å². The van der Waals surface area contributed by atoms with E-state index in [1.807, 2.05) is 6.07 Å². The molecule has 270 valence electrons. The third-order valence-electron chi connectivity index (χ3n) is 9.51. The van der Waals surface area contributed by atoms with Gasteiger partial charge in [-0.3, -0.25) is 13.9 Å². The summed E-state index contributed by atoms with van der Waals surface area (Å²) in [7, 11) is 3.00. The van der Waals surface area contributed by atoms with Crippen molar-refractivity contribution in [3.05, 3.63) is 86.7 Å². The van der Waals surface area contributed by atoms with Crippen molar-refractivity contribution in [3.8, 4) is 0 Å². The van der Waals surface area contributed by atoms with Crippen LogP contribution in [0.3, 0.4) is 0 Å². The van der Waals surface area contributed by atoms with E-state index in [4.69, 9.17) is 32.7 Å². The molecule has 11 nitrogen and oxygen atoms in total. The summed E-state index contributed by atoms with van der Waals surface area (Å²) in [5, 5.41) is 3.58. The molecule has 2 saturated heterocycles. The van der Waals surface area contributed by atoms with E-state index in [1.54, 1.807) is 47.4 Å². The first kappa shape index (κ1) is 38.0. The largest absolute Gasteiger partial charge is 0.466 e. The van der Waals surface area contributed by atoms with E-state index < -0.39 is 28.7 Å². The Morgan fingerprint density at radius 1 is 0.780 bits per heavy atom. The molecule has 3 aliphatic heterocycles. The summed E-state index contributed by atoms with van der Waals surface area (Å²) < 4.78 is 24.1. The summed E-state index contributed by atoms with van der Waals surface area (Å²) in [5.74, 6) is -3.03. The number of likely N-dealkylation sites (N-methyl/N-ethyl adjacent to an activating group) is 1. The Labute approximate surface area is 306 Å². The smallest absolute Gasteiger partial charge is 0.336 e. The van der Waals surface area contributed by atoms with Crippen LogP contribution in [0.2, 0.25) is 10.0 Å². The number of hydrogen-bond acceptors (Lipinski definition) is 10. The maximum atomic E-state index is 13.9. The molecule has 14 heteroatoms. The molecule has 0 saturated carbocycles. The Hall–Kier alpha value is -3.26. The molecule has 50 heavy (non-hydrogen) atoms. The SMILES string of the molecule is COC(=O)C1=C(CC(=O)N2CCN(CCCN3CCN(C)CC3)CC2)NC(CS(=O)c2ccccc2)=C(C(=O)OC)[C@H]1c1c(Cl)cccc1Cl. The number of methoxy groups -OCH3 is 2. The molecule has 0 spiro atoms. The molecule has 2 aromatic rings. The fraction of sp³-hybridized carbons (Fsp3) is 0.472. The third kappa shape index (κ3) is 9.15. The Morgan fingerprint density at radius 2 is 1.32 bits per heavy atom. The zero-order valence-corrected chi connectivity index (χ0v) is 31.1. The maximum absolute atomic E-state index is 13.9. The number of dihydropyridines is 1. The number of piperazine rings is 2. The van der Waals surface area contributed by atoms with Gasteiger partial charge in [0.05, 0.1) is 54.3 Å². The lowest BCUT2D eigenvalue weighted by atomic mass is 9.79. The summed E-state index contributed by atoms with van der Waals surface area (Å²) >= 11 is 13.4. The number of rotatable bonds is 12. The first-order valence-corrected chi connectivity index (χ1v) is 18.9. The number of esters is 2. The van der Waals surface area contributed by atoms with Gasteiger partial charge in [-0.1, -0.05) is 47.5 Å². The molecule has 0 aliphatic carbocycles. The van der Waals surface area contributed by atoms with Crippen molar-refractivity contribution in [2.45, 2.75) is 23.7 Å². The van der Waals surface area contributed by atoms with E-state index in [2.05, 4.69) is 27.1 Å². The van der Waals surface area contributed by atoms with Gasteiger partial charge in [0, 0.05) is 84.3 Å². The van der Waals surface area contributed by atoms with Crippen LogP contribution in [0.1, 0.15) is 24.3 Å². The van der Waals surface area contributed by atoms with Gasteiger partial charge in [-0.05, 0) is 50.8 Å². The Kier molecular flexibility index (Phi) is 13.5. The molecule has 0 aromatic heterocycles. The van der Waals surface area contributed by atoms with Gasteiger partial charge < -0.3 is 29.5 Å². The minimum Gasteiger partial charge on any atom is -0.466 e. The second-order valence-electron chi connectivity index (χ2n) is 12.7. The van der Waals surface area contributed by atoms with Gasteiger partial charge in [0.25, 0.3) is 0 Å². The van der Waals surface area contributed by atoms with Gasteiger partial charge in [-0.25, -0.2) is 9.59 Å². The molecular formula is C36H45Cl2N5O6S. The van der Waals surface area contributed by atoms with E-state index in [1.165, 1.54) is 14.2 Å². The van der Waals surface area contributed by atoms with Crippen LogP contribution in [-0.2, 0) is 34.7 Å². The highest BCUT2D eigenvalue weighted by Crippen LogP contribution is 2.45. The molecule has 2 aromatic carbocycles. The number of amides is 1. The van der Waals surface area contributed by atoms with Crippen LogP contribution in [0.25, 0.3) is 0 Å². The fourth-order valence-electron chi connectivity index (χ4n) is 6.70. The minimum atomic E-state index is -1.61. The number of hydrogen-bond donors (Lipinski definition) is 1. The molecule has 2 fully saturated rings. The lowest BCUT2D eigenvalue weighted by Crippen LogP contribution is -2.50. The van der Waals surface area contributed by atoms with Crippen LogP contribution in [0.4, 0.5) is 0 Å². The topological polar surface area (TPSA) is 112 Å². The predicted octanol–water partition coefficient (Wildman–Crippen LogP) is 3.51. The quantitative estimate of drug-likeness (QED) is 0.324. The number of benzene rings is 2. The fourth-order valence-corrected chi connectivity index (χ4v) is 8.43. The summed E-state index contributed by atoms with van der Waals surface area (Å²) in [6, 6.07) is 13.7. The molecule has 0 bridgehead atoms. The lowest BCUT2D eigenvalue weighted by molar-refractivity contribution is -0.137. The minimum absolute atomic E-state index is 0.00744. The summed E-state index contributed by atoms with van der Waals surface area (Å²) in [6.07, 6.45) is 0.882. The van der Waals surface area contributed by atoms with E-state index in [0.717, 1.165) is 58.8 Å². The standard InChI is InChI=1S/C36H45Cl2N5O6S/c1-40-15-17-41(18-16-40)13-8-14-42-19-21-43(22-20-42)30(44)23-28-32(35(45)48-2)34(31-26(37)11-7-12-27(31)38)33(36(46)49-3)29(39-28)24-50(47)25-9-5-4-6-10-25/h4-7,9-12,34,39H,8,13-24H2,1-3H3/t34-,50?/m0/s1. The number of nitrogens with one attached hydrogen (secondary N) is 1. The van der Waals surface area contributed by atoms with Gasteiger partial charge >= 0.3 is 11.9 Å². The van der Waals surface area contributed by atoms with E-state index in [0.29, 0.717) is 18.0 Å². The molecule has 1 unspecified atom stereocenters. The van der Waals surface area contributed by atoms with Crippen LogP contribution in [-0.4, -0.2) is 134 Å².